The molecule has 3 heteroatoms. The van der Waals surface area contributed by atoms with Gasteiger partial charge >= 0.3 is 0 Å². The number of nitrogens with one attached hydrogen (secondary N) is 1. The number of hydrogen-bond acceptors (Lipinski definition) is 1. The molecule has 1 heterocycles. The van der Waals surface area contributed by atoms with Gasteiger partial charge in [0.1, 0.15) is 12.4 Å². The molecule has 0 saturated heterocycles. The van der Waals surface area contributed by atoms with Gasteiger partial charge in [0, 0.05) is 22.7 Å². The third-order valence-corrected chi connectivity index (χ3v) is 3.55. The van der Waals surface area contributed by atoms with Crippen molar-refractivity contribution in [3.63, 3.8) is 0 Å². The van der Waals surface area contributed by atoms with E-state index in [2.05, 4.69) is 33.0 Å². The van der Waals surface area contributed by atoms with Gasteiger partial charge in [-0.3, -0.25) is 0 Å². The van der Waals surface area contributed by atoms with E-state index in [0.717, 1.165) is 15.7 Å². The molecule has 0 spiro atoms. The maximum absolute atomic E-state index is 5.82. The Morgan fingerprint density at radius 3 is 2.67 bits per heavy atom. The number of halogens is 1. The first-order valence-corrected chi connectivity index (χ1v) is 6.56. The second-order valence-corrected chi connectivity index (χ2v) is 4.93. The summed E-state index contributed by atoms with van der Waals surface area (Å²) in [6.45, 7) is 0.562. The van der Waals surface area contributed by atoms with Gasteiger partial charge in [0.05, 0.1) is 4.47 Å². The molecule has 0 unspecified atom stereocenters. The summed E-state index contributed by atoms with van der Waals surface area (Å²) in [6, 6.07) is 16.1. The SMILES string of the molecule is Brc1ccccc1OCc1c[nH]c2ccccc12. The van der Waals surface area contributed by atoms with E-state index in [0.29, 0.717) is 6.61 Å². The monoisotopic (exact) mass is 301 g/mol. The van der Waals surface area contributed by atoms with E-state index in [1.807, 2.05) is 42.6 Å². The van der Waals surface area contributed by atoms with E-state index >= 15 is 0 Å². The minimum atomic E-state index is 0.562. The van der Waals surface area contributed by atoms with E-state index in [4.69, 9.17) is 4.74 Å². The molecule has 0 atom stereocenters. The van der Waals surface area contributed by atoms with Crippen LogP contribution in [0.3, 0.4) is 0 Å². The van der Waals surface area contributed by atoms with Crippen molar-refractivity contribution in [2.75, 3.05) is 0 Å². The van der Waals surface area contributed by atoms with E-state index in [9.17, 15) is 0 Å². The molecule has 90 valence electrons. The highest BCUT2D eigenvalue weighted by molar-refractivity contribution is 9.10. The van der Waals surface area contributed by atoms with Crippen LogP contribution in [-0.4, -0.2) is 4.98 Å². The lowest BCUT2D eigenvalue weighted by Crippen LogP contribution is -1.94. The van der Waals surface area contributed by atoms with Crippen molar-refractivity contribution in [1.82, 2.24) is 4.98 Å². The summed E-state index contributed by atoms with van der Waals surface area (Å²) in [5.74, 6) is 0.864. The maximum Gasteiger partial charge on any atom is 0.133 e. The Kier molecular flexibility index (Phi) is 3.07. The number of ether oxygens (including phenoxy) is 1. The average Bonchev–Trinajstić information content (AvgIpc) is 2.81. The molecule has 0 fully saturated rings. The van der Waals surface area contributed by atoms with Gasteiger partial charge < -0.3 is 9.72 Å². The number of benzene rings is 2. The fourth-order valence-electron chi connectivity index (χ4n) is 1.97. The van der Waals surface area contributed by atoms with Gasteiger partial charge in [-0.15, -0.1) is 0 Å². The molecule has 0 aliphatic carbocycles. The van der Waals surface area contributed by atoms with Gasteiger partial charge in [-0.05, 0) is 34.1 Å². The van der Waals surface area contributed by atoms with E-state index in [-0.39, 0.29) is 0 Å². The van der Waals surface area contributed by atoms with Crippen molar-refractivity contribution in [3.8, 4) is 5.75 Å². The van der Waals surface area contributed by atoms with Crippen molar-refractivity contribution < 1.29 is 4.74 Å². The van der Waals surface area contributed by atoms with Gasteiger partial charge in [0.15, 0.2) is 0 Å². The van der Waals surface area contributed by atoms with Crippen molar-refractivity contribution in [2.24, 2.45) is 0 Å². The minimum absolute atomic E-state index is 0.562. The fourth-order valence-corrected chi connectivity index (χ4v) is 2.37. The molecule has 0 amide bonds. The first-order chi connectivity index (χ1) is 8.84. The average molecular weight is 302 g/mol. The molecule has 3 aromatic rings. The number of aromatic amines is 1. The maximum atomic E-state index is 5.82. The Morgan fingerprint density at radius 2 is 1.78 bits per heavy atom. The number of hydrogen-bond donors (Lipinski definition) is 1. The lowest BCUT2D eigenvalue weighted by atomic mass is 10.2. The molecule has 0 radical (unpaired) electrons. The summed E-state index contributed by atoms with van der Waals surface area (Å²) in [7, 11) is 0. The molecule has 1 aromatic heterocycles. The second-order valence-electron chi connectivity index (χ2n) is 4.08. The summed E-state index contributed by atoms with van der Waals surface area (Å²) in [4.78, 5) is 3.25. The smallest absolute Gasteiger partial charge is 0.133 e. The molecule has 2 aromatic carbocycles. The van der Waals surface area contributed by atoms with Gasteiger partial charge in [0.2, 0.25) is 0 Å². The second kappa shape index (κ2) is 4.86. The van der Waals surface area contributed by atoms with Gasteiger partial charge in [0.25, 0.3) is 0 Å². The Bertz CT molecular complexity index is 675. The molecular formula is C15H12BrNO. The van der Waals surface area contributed by atoms with Crippen molar-refractivity contribution in [1.29, 1.82) is 0 Å². The molecule has 3 rings (SSSR count). The quantitative estimate of drug-likeness (QED) is 0.756. The summed E-state index contributed by atoms with van der Waals surface area (Å²) in [6.07, 6.45) is 2.00. The summed E-state index contributed by atoms with van der Waals surface area (Å²) >= 11 is 3.48. The van der Waals surface area contributed by atoms with Gasteiger partial charge in [-0.2, -0.15) is 0 Å². The molecule has 0 bridgehead atoms. The molecule has 18 heavy (non-hydrogen) atoms. The molecule has 0 saturated carbocycles. The molecule has 1 N–H and O–H groups in total. The predicted octanol–water partition coefficient (Wildman–Crippen LogP) is 4.51. The van der Waals surface area contributed by atoms with Crippen LogP contribution in [-0.2, 0) is 6.61 Å². The van der Waals surface area contributed by atoms with Crippen LogP contribution in [0.25, 0.3) is 10.9 Å². The first-order valence-electron chi connectivity index (χ1n) is 5.77. The number of H-pyrrole nitrogens is 1. The van der Waals surface area contributed by atoms with Crippen LogP contribution in [0, 0.1) is 0 Å². The Balaban J connectivity index is 1.83. The summed E-state index contributed by atoms with van der Waals surface area (Å²) < 4.78 is 6.80. The third kappa shape index (κ3) is 2.14. The number of rotatable bonds is 3. The topological polar surface area (TPSA) is 25.0 Å². The predicted molar refractivity (Wildman–Crippen MR) is 76.8 cm³/mol. The zero-order chi connectivity index (χ0) is 12.4. The van der Waals surface area contributed by atoms with E-state index in [1.54, 1.807) is 0 Å². The molecule has 0 aliphatic heterocycles. The Morgan fingerprint density at radius 1 is 1.00 bits per heavy atom. The van der Waals surface area contributed by atoms with Crippen molar-refractivity contribution >= 4 is 26.8 Å². The lowest BCUT2D eigenvalue weighted by molar-refractivity contribution is 0.305. The number of aromatic nitrogens is 1. The normalized spacial score (nSPS) is 10.7. The van der Waals surface area contributed by atoms with Crippen molar-refractivity contribution in [3.05, 3.63) is 64.8 Å². The van der Waals surface area contributed by atoms with Crippen LogP contribution in [0.15, 0.2) is 59.2 Å². The van der Waals surface area contributed by atoms with Crippen LogP contribution in [0.2, 0.25) is 0 Å². The standard InChI is InChI=1S/C15H12BrNO/c16-13-6-2-4-8-15(13)18-10-11-9-17-14-7-3-1-5-12(11)14/h1-9,17H,10H2. The van der Waals surface area contributed by atoms with Crippen LogP contribution in [0.5, 0.6) is 5.75 Å². The van der Waals surface area contributed by atoms with Crippen LogP contribution in [0.4, 0.5) is 0 Å². The molecular weight excluding hydrogens is 290 g/mol. The third-order valence-electron chi connectivity index (χ3n) is 2.89. The Hall–Kier alpha value is -1.74. The summed E-state index contributed by atoms with van der Waals surface area (Å²) in [5.41, 5.74) is 2.31. The summed E-state index contributed by atoms with van der Waals surface area (Å²) in [5, 5.41) is 1.21. The molecule has 0 aliphatic rings. The largest absolute Gasteiger partial charge is 0.488 e. The molecule has 2 nitrogen and oxygen atoms in total. The fraction of sp³-hybridized carbons (Fsp3) is 0.0667. The van der Waals surface area contributed by atoms with Crippen LogP contribution >= 0.6 is 15.9 Å². The van der Waals surface area contributed by atoms with Crippen LogP contribution < -0.4 is 4.74 Å². The number of fused-ring (bicyclic) bond motifs is 1. The Labute approximate surface area is 114 Å². The van der Waals surface area contributed by atoms with Crippen molar-refractivity contribution in [2.45, 2.75) is 6.61 Å². The minimum Gasteiger partial charge on any atom is -0.488 e. The lowest BCUT2D eigenvalue weighted by Gasteiger charge is -2.07. The van der Waals surface area contributed by atoms with E-state index in [1.165, 1.54) is 10.9 Å². The highest BCUT2D eigenvalue weighted by Gasteiger charge is 2.05. The highest BCUT2D eigenvalue weighted by atomic mass is 79.9. The highest BCUT2D eigenvalue weighted by Crippen LogP contribution is 2.26. The van der Waals surface area contributed by atoms with Gasteiger partial charge in [-0.25, -0.2) is 0 Å². The van der Waals surface area contributed by atoms with Crippen LogP contribution in [0.1, 0.15) is 5.56 Å². The van der Waals surface area contributed by atoms with Gasteiger partial charge in [-0.1, -0.05) is 30.3 Å². The number of para-hydroxylation sites is 2. The zero-order valence-corrected chi connectivity index (χ0v) is 11.3. The first kappa shape index (κ1) is 11.4. The van der Waals surface area contributed by atoms with E-state index < -0.39 is 0 Å². The zero-order valence-electron chi connectivity index (χ0n) is 9.69.